The van der Waals surface area contributed by atoms with Gasteiger partial charge in [-0.1, -0.05) is 23.7 Å². The molecule has 27 heavy (non-hydrogen) atoms. The molecule has 0 radical (unpaired) electrons. The third kappa shape index (κ3) is 5.10. The van der Waals surface area contributed by atoms with E-state index in [0.29, 0.717) is 0 Å². The molecule has 1 aromatic heterocycles. The van der Waals surface area contributed by atoms with Crippen LogP contribution in [0.15, 0.2) is 30.5 Å². The van der Waals surface area contributed by atoms with Crippen molar-refractivity contribution >= 4 is 23.0 Å². The van der Waals surface area contributed by atoms with Gasteiger partial charge in [0.2, 0.25) is 0 Å². The zero-order valence-electron chi connectivity index (χ0n) is 14.5. The molecule has 1 heterocycles. The van der Waals surface area contributed by atoms with E-state index in [9.17, 15) is 26.5 Å². The Labute approximate surface area is 161 Å². The van der Waals surface area contributed by atoms with Crippen LogP contribution in [0.3, 0.4) is 0 Å². The monoisotopic (exact) mass is 426 g/mol. The van der Waals surface area contributed by atoms with Crippen LogP contribution in [0.1, 0.15) is 43.6 Å². The lowest BCUT2D eigenvalue weighted by molar-refractivity contribution is -0.141. The summed E-state index contributed by atoms with van der Waals surface area (Å²) in [6.45, 7) is 4.98. The van der Waals surface area contributed by atoms with Crippen LogP contribution in [0, 0.1) is 11.6 Å². The minimum Gasteiger partial charge on any atom is -0.598 e. The highest BCUT2D eigenvalue weighted by molar-refractivity contribution is 7.90. The Balaban J connectivity index is 2.52. The zero-order valence-corrected chi connectivity index (χ0v) is 16.1. The molecule has 2 aromatic rings. The lowest BCUT2D eigenvalue weighted by Gasteiger charge is -2.28. The average molecular weight is 427 g/mol. The zero-order chi connectivity index (χ0) is 20.6. The summed E-state index contributed by atoms with van der Waals surface area (Å²) in [5.74, 6) is -2.08. The van der Waals surface area contributed by atoms with Gasteiger partial charge in [0, 0.05) is 23.1 Å². The van der Waals surface area contributed by atoms with Crippen LogP contribution in [-0.2, 0) is 17.5 Å². The van der Waals surface area contributed by atoms with E-state index in [1.807, 2.05) is 0 Å². The first-order valence-corrected chi connectivity index (χ1v) is 9.19. The van der Waals surface area contributed by atoms with Gasteiger partial charge in [0.25, 0.3) is 0 Å². The Morgan fingerprint density at radius 1 is 1.11 bits per heavy atom. The van der Waals surface area contributed by atoms with Crippen LogP contribution in [0.5, 0.6) is 0 Å². The van der Waals surface area contributed by atoms with E-state index in [4.69, 9.17) is 11.6 Å². The number of hydrogen-bond donors (Lipinski definition) is 1. The van der Waals surface area contributed by atoms with Gasteiger partial charge in [-0.3, -0.25) is 4.98 Å². The minimum atomic E-state index is -4.64. The number of nitrogens with zero attached hydrogens (tertiary/aromatic N) is 1. The molecule has 0 spiro atoms. The molecule has 1 N–H and O–H groups in total. The summed E-state index contributed by atoms with van der Waals surface area (Å²) < 4.78 is 80.5. The molecular weight excluding hydrogens is 411 g/mol. The maximum atomic E-state index is 14.5. The van der Waals surface area contributed by atoms with Crippen molar-refractivity contribution in [2.24, 2.45) is 0 Å². The number of hydrogen-bond acceptors (Lipinski definition) is 3. The van der Waals surface area contributed by atoms with E-state index in [1.165, 1.54) is 0 Å². The third-order valence-corrected chi connectivity index (χ3v) is 5.48. The lowest BCUT2D eigenvalue weighted by Crippen LogP contribution is -2.41. The van der Waals surface area contributed by atoms with Gasteiger partial charge < -0.3 is 4.55 Å². The Bertz CT molecular complexity index is 809. The van der Waals surface area contributed by atoms with Crippen LogP contribution in [0.25, 0.3) is 0 Å². The second kappa shape index (κ2) is 7.90. The summed E-state index contributed by atoms with van der Waals surface area (Å²) >= 11 is 3.89. The van der Waals surface area contributed by atoms with Crippen LogP contribution >= 0.6 is 11.6 Å². The fraction of sp³-hybridized carbons (Fsp3) is 0.353. The summed E-state index contributed by atoms with van der Waals surface area (Å²) in [5, 5.41) is -0.763. The number of halogens is 6. The second-order valence-corrected chi connectivity index (χ2v) is 9.05. The molecule has 148 valence electrons. The van der Waals surface area contributed by atoms with E-state index >= 15 is 0 Å². The lowest BCUT2D eigenvalue weighted by atomic mass is 10.00. The van der Waals surface area contributed by atoms with Gasteiger partial charge in [-0.05, 0) is 38.5 Å². The van der Waals surface area contributed by atoms with Crippen molar-refractivity contribution in [1.82, 2.24) is 9.71 Å². The predicted octanol–water partition coefficient (Wildman–Crippen LogP) is 5.17. The number of nitrogens with one attached hydrogen (secondary N) is 1. The number of rotatable bonds is 4. The van der Waals surface area contributed by atoms with E-state index < -0.39 is 50.7 Å². The number of alkyl halides is 3. The molecule has 1 aromatic carbocycles. The number of pyridine rings is 1. The van der Waals surface area contributed by atoms with Crippen molar-refractivity contribution in [3.8, 4) is 0 Å². The molecule has 0 aliphatic carbocycles. The summed E-state index contributed by atoms with van der Waals surface area (Å²) in [7, 11) is 0. The van der Waals surface area contributed by atoms with Gasteiger partial charge in [0.1, 0.15) is 33.1 Å². The van der Waals surface area contributed by atoms with Gasteiger partial charge >= 0.3 is 6.18 Å². The topological polar surface area (TPSA) is 48.0 Å². The van der Waals surface area contributed by atoms with Crippen LogP contribution in [0.2, 0.25) is 5.02 Å². The average Bonchev–Trinajstić information content (AvgIpc) is 2.56. The first-order chi connectivity index (χ1) is 12.3. The Morgan fingerprint density at radius 3 is 2.22 bits per heavy atom. The summed E-state index contributed by atoms with van der Waals surface area (Å²) in [5.41, 5.74) is -1.18. The molecule has 2 atom stereocenters. The Kier molecular flexibility index (Phi) is 6.40. The summed E-state index contributed by atoms with van der Waals surface area (Å²) in [6.07, 6.45) is -3.74. The summed E-state index contributed by atoms with van der Waals surface area (Å²) in [4.78, 5) is 3.34. The quantitative estimate of drug-likeness (QED) is 0.416. The van der Waals surface area contributed by atoms with E-state index in [1.54, 1.807) is 20.8 Å². The molecule has 0 aliphatic heterocycles. The second-order valence-electron chi connectivity index (χ2n) is 6.67. The fourth-order valence-electron chi connectivity index (χ4n) is 2.10. The first-order valence-electron chi connectivity index (χ1n) is 7.67. The van der Waals surface area contributed by atoms with Crippen molar-refractivity contribution in [2.75, 3.05) is 0 Å². The molecule has 3 nitrogen and oxygen atoms in total. The third-order valence-electron chi connectivity index (χ3n) is 3.57. The summed E-state index contributed by atoms with van der Waals surface area (Å²) in [6, 6.07) is 2.67. The molecule has 0 amide bonds. The smallest absolute Gasteiger partial charge is 0.433 e. The molecular formula is C17H16ClF5N2OS. The van der Waals surface area contributed by atoms with Crippen molar-refractivity contribution in [3.63, 3.8) is 0 Å². The first kappa shape index (κ1) is 21.9. The Hall–Kier alpha value is -1.42. The van der Waals surface area contributed by atoms with Gasteiger partial charge in [-0.2, -0.15) is 13.2 Å². The largest absolute Gasteiger partial charge is 0.598 e. The van der Waals surface area contributed by atoms with Gasteiger partial charge in [0.05, 0.1) is 0 Å². The van der Waals surface area contributed by atoms with E-state index in [-0.39, 0.29) is 11.1 Å². The van der Waals surface area contributed by atoms with E-state index in [2.05, 4.69) is 9.71 Å². The molecule has 0 bridgehead atoms. The predicted molar refractivity (Wildman–Crippen MR) is 93.5 cm³/mol. The minimum absolute atomic E-state index is 0.113. The highest BCUT2D eigenvalue weighted by Crippen LogP contribution is 2.33. The standard InChI is InChI=1S/C17H16ClF5N2OS/c1-16(2,3)27(26)25-15(10-5-6-11(19)13(18)14(10)20)9-4-7-12(24-8-9)17(21,22)23/h4-8,15,25H,1-3H3/t15-,27-/m1/s1. The number of aromatic nitrogens is 1. The highest BCUT2D eigenvalue weighted by atomic mass is 35.5. The molecule has 10 heteroatoms. The molecule has 0 fully saturated rings. The number of benzene rings is 1. The molecule has 0 aliphatic rings. The van der Waals surface area contributed by atoms with Crippen LogP contribution in [0.4, 0.5) is 22.0 Å². The maximum Gasteiger partial charge on any atom is 0.433 e. The van der Waals surface area contributed by atoms with E-state index in [0.717, 1.165) is 30.5 Å². The normalized spacial score (nSPS) is 14.9. The van der Waals surface area contributed by atoms with Crippen molar-refractivity contribution < 1.29 is 26.5 Å². The maximum absolute atomic E-state index is 14.5. The van der Waals surface area contributed by atoms with Crippen LogP contribution in [-0.4, -0.2) is 14.3 Å². The van der Waals surface area contributed by atoms with Gasteiger partial charge in [-0.15, -0.1) is 4.72 Å². The van der Waals surface area contributed by atoms with Gasteiger partial charge in [0.15, 0.2) is 0 Å². The molecule has 2 rings (SSSR count). The van der Waals surface area contributed by atoms with Crippen molar-refractivity contribution in [3.05, 3.63) is 63.9 Å². The molecule has 0 unspecified atom stereocenters. The van der Waals surface area contributed by atoms with Crippen LogP contribution < -0.4 is 4.72 Å². The molecule has 0 saturated carbocycles. The highest BCUT2D eigenvalue weighted by Gasteiger charge is 2.35. The fourth-order valence-corrected chi connectivity index (χ4v) is 3.11. The Morgan fingerprint density at radius 2 is 1.74 bits per heavy atom. The molecule has 0 saturated heterocycles. The van der Waals surface area contributed by atoms with Crippen molar-refractivity contribution in [1.29, 1.82) is 0 Å². The van der Waals surface area contributed by atoms with Crippen molar-refractivity contribution in [2.45, 2.75) is 37.7 Å². The van der Waals surface area contributed by atoms with Gasteiger partial charge in [-0.25, -0.2) is 8.78 Å². The SMILES string of the molecule is CC(C)(C)[S@@+]([O-])N[C@H](c1ccc(C(F)(F)F)nc1)c1ccc(F)c(Cl)c1F.